The van der Waals surface area contributed by atoms with Crippen molar-refractivity contribution in [3.63, 3.8) is 0 Å². The highest BCUT2D eigenvalue weighted by Gasteiger charge is 2.09. The first kappa shape index (κ1) is 10.5. The Bertz CT molecular complexity index is 514. The summed E-state index contributed by atoms with van der Waals surface area (Å²) in [6.07, 6.45) is 1.63. The van der Waals surface area contributed by atoms with E-state index in [0.29, 0.717) is 12.1 Å². The summed E-state index contributed by atoms with van der Waals surface area (Å²) in [6.45, 7) is 2.37. The third-order valence-electron chi connectivity index (χ3n) is 2.03. The van der Waals surface area contributed by atoms with Crippen molar-refractivity contribution in [1.82, 2.24) is 14.6 Å². The molecule has 2 aromatic rings. The first-order valence-corrected chi connectivity index (χ1v) is 5.45. The van der Waals surface area contributed by atoms with E-state index in [1.807, 2.05) is 19.1 Å². The molecule has 0 bridgehead atoms. The van der Waals surface area contributed by atoms with E-state index in [1.54, 1.807) is 6.20 Å². The van der Waals surface area contributed by atoms with Crippen molar-refractivity contribution in [3.8, 4) is 6.07 Å². The summed E-state index contributed by atoms with van der Waals surface area (Å²) < 4.78 is 4.12. The molecule has 0 saturated carbocycles. The van der Waals surface area contributed by atoms with Crippen LogP contribution in [0.4, 0.5) is 5.00 Å². The van der Waals surface area contributed by atoms with E-state index >= 15 is 0 Å². The lowest BCUT2D eigenvalue weighted by Gasteiger charge is -2.01. The molecule has 1 N–H and O–H groups in total. The zero-order chi connectivity index (χ0) is 11.4. The van der Waals surface area contributed by atoms with Gasteiger partial charge in [-0.3, -0.25) is 0 Å². The highest BCUT2D eigenvalue weighted by Crippen LogP contribution is 2.23. The number of hydrogen-bond donors (Lipinski definition) is 1. The molecule has 0 saturated heterocycles. The summed E-state index contributed by atoms with van der Waals surface area (Å²) in [6, 6.07) is 5.83. The van der Waals surface area contributed by atoms with Crippen molar-refractivity contribution in [2.24, 2.45) is 0 Å². The van der Waals surface area contributed by atoms with Crippen molar-refractivity contribution in [1.29, 1.82) is 5.26 Å². The van der Waals surface area contributed by atoms with E-state index in [1.165, 1.54) is 11.5 Å². The van der Waals surface area contributed by atoms with E-state index < -0.39 is 0 Å². The van der Waals surface area contributed by atoms with Gasteiger partial charge >= 0.3 is 0 Å². The lowest BCUT2D eigenvalue weighted by atomic mass is 10.3. The van der Waals surface area contributed by atoms with Crippen molar-refractivity contribution in [2.75, 3.05) is 5.32 Å². The van der Waals surface area contributed by atoms with Crippen LogP contribution in [0.1, 0.15) is 17.0 Å². The lowest BCUT2D eigenvalue weighted by molar-refractivity contribution is 0.926. The molecule has 16 heavy (non-hydrogen) atoms. The predicted octanol–water partition coefficient (Wildman–Crippen LogP) is 1.73. The second-order valence-electron chi connectivity index (χ2n) is 3.15. The molecule has 0 aliphatic rings. The first-order valence-electron chi connectivity index (χ1n) is 4.68. The van der Waals surface area contributed by atoms with E-state index in [9.17, 15) is 0 Å². The molecule has 0 amide bonds. The van der Waals surface area contributed by atoms with Crippen LogP contribution in [0.25, 0.3) is 0 Å². The molecule has 2 aromatic heterocycles. The highest BCUT2D eigenvalue weighted by molar-refractivity contribution is 7.10. The molecule has 0 aliphatic carbocycles. The molecular formula is C10H9N5S. The molecule has 0 unspecified atom stereocenters. The molecule has 2 heterocycles. The number of aromatic nitrogens is 3. The number of nitrogens with one attached hydrogen (secondary N) is 1. The van der Waals surface area contributed by atoms with Crippen LogP contribution in [0, 0.1) is 18.3 Å². The van der Waals surface area contributed by atoms with Crippen LogP contribution in [-0.4, -0.2) is 14.6 Å². The van der Waals surface area contributed by atoms with Gasteiger partial charge in [-0.05, 0) is 30.6 Å². The van der Waals surface area contributed by atoms with Gasteiger partial charge in [0.2, 0.25) is 0 Å². The molecule has 0 aliphatic heterocycles. The standard InChI is InChI=1S/C10H9N5S/c1-7-9(5-11)10(16-15-7)12-6-8-3-2-4-13-14-8/h2-4,12H,6H2,1H3. The lowest BCUT2D eigenvalue weighted by Crippen LogP contribution is -2.02. The molecule has 0 aromatic carbocycles. The van der Waals surface area contributed by atoms with Gasteiger partial charge in [0.25, 0.3) is 0 Å². The predicted molar refractivity (Wildman–Crippen MR) is 60.9 cm³/mol. The largest absolute Gasteiger partial charge is 0.369 e. The first-order chi connectivity index (χ1) is 7.81. The normalized spacial score (nSPS) is 9.75. The van der Waals surface area contributed by atoms with Gasteiger partial charge in [0.1, 0.15) is 16.6 Å². The van der Waals surface area contributed by atoms with Gasteiger partial charge in [0, 0.05) is 6.20 Å². The number of hydrogen-bond acceptors (Lipinski definition) is 6. The molecular weight excluding hydrogens is 222 g/mol. The average molecular weight is 231 g/mol. The maximum Gasteiger partial charge on any atom is 0.128 e. The van der Waals surface area contributed by atoms with Gasteiger partial charge in [0.05, 0.1) is 17.9 Å². The van der Waals surface area contributed by atoms with Crippen molar-refractivity contribution >= 4 is 16.5 Å². The molecule has 0 fully saturated rings. The smallest absolute Gasteiger partial charge is 0.128 e. The molecule has 2 rings (SSSR count). The van der Waals surface area contributed by atoms with Crippen LogP contribution in [0.15, 0.2) is 18.3 Å². The van der Waals surface area contributed by atoms with Gasteiger partial charge in [-0.25, -0.2) is 0 Å². The molecule has 0 radical (unpaired) electrons. The molecule has 80 valence electrons. The van der Waals surface area contributed by atoms with Crippen molar-refractivity contribution in [3.05, 3.63) is 35.3 Å². The number of rotatable bonds is 3. The number of nitriles is 1. The van der Waals surface area contributed by atoms with Gasteiger partial charge in [-0.2, -0.15) is 19.8 Å². The minimum Gasteiger partial charge on any atom is -0.369 e. The van der Waals surface area contributed by atoms with Crippen LogP contribution in [0.5, 0.6) is 0 Å². The van der Waals surface area contributed by atoms with E-state index in [-0.39, 0.29) is 0 Å². The Kier molecular flexibility index (Phi) is 3.08. The summed E-state index contributed by atoms with van der Waals surface area (Å²) >= 11 is 1.29. The molecule has 0 spiro atoms. The summed E-state index contributed by atoms with van der Waals surface area (Å²) in [5.41, 5.74) is 2.19. The Labute approximate surface area is 96.9 Å². The SMILES string of the molecule is Cc1nsc(NCc2cccnn2)c1C#N. The quantitative estimate of drug-likeness (QED) is 0.870. The maximum atomic E-state index is 8.93. The Hall–Kier alpha value is -2.00. The van der Waals surface area contributed by atoms with Crippen LogP contribution in [0.2, 0.25) is 0 Å². The zero-order valence-corrected chi connectivity index (χ0v) is 9.45. The Balaban J connectivity index is 2.09. The second-order valence-corrected chi connectivity index (χ2v) is 3.93. The monoisotopic (exact) mass is 231 g/mol. The highest BCUT2D eigenvalue weighted by atomic mass is 32.1. The maximum absolute atomic E-state index is 8.93. The topological polar surface area (TPSA) is 74.5 Å². The fourth-order valence-electron chi connectivity index (χ4n) is 1.22. The molecule has 5 nitrogen and oxygen atoms in total. The van der Waals surface area contributed by atoms with Gasteiger partial charge < -0.3 is 5.32 Å². The summed E-state index contributed by atoms with van der Waals surface area (Å²) in [5.74, 6) is 0. The van der Waals surface area contributed by atoms with Crippen molar-refractivity contribution in [2.45, 2.75) is 13.5 Å². The fraction of sp³-hybridized carbons (Fsp3) is 0.200. The fourth-order valence-corrected chi connectivity index (χ4v) is 1.96. The minimum absolute atomic E-state index is 0.546. The third kappa shape index (κ3) is 2.15. The van der Waals surface area contributed by atoms with Crippen LogP contribution < -0.4 is 5.32 Å². The summed E-state index contributed by atoms with van der Waals surface area (Å²) in [4.78, 5) is 0. The van der Waals surface area contributed by atoms with Gasteiger partial charge in [0.15, 0.2) is 0 Å². The van der Waals surface area contributed by atoms with E-state index in [0.717, 1.165) is 16.4 Å². The second kappa shape index (κ2) is 4.68. The third-order valence-corrected chi connectivity index (χ3v) is 2.93. The van der Waals surface area contributed by atoms with Crippen LogP contribution in [-0.2, 0) is 6.54 Å². The molecule has 0 atom stereocenters. The number of aryl methyl sites for hydroxylation is 1. The van der Waals surface area contributed by atoms with Crippen LogP contribution >= 0.6 is 11.5 Å². The van der Waals surface area contributed by atoms with E-state index in [2.05, 4.69) is 26.0 Å². The van der Waals surface area contributed by atoms with E-state index in [4.69, 9.17) is 5.26 Å². The zero-order valence-electron chi connectivity index (χ0n) is 8.64. The average Bonchev–Trinajstić information content (AvgIpc) is 2.68. The number of anilines is 1. The van der Waals surface area contributed by atoms with Crippen molar-refractivity contribution < 1.29 is 0 Å². The molecule has 6 heteroatoms. The van der Waals surface area contributed by atoms with Crippen LogP contribution in [0.3, 0.4) is 0 Å². The minimum atomic E-state index is 0.546. The summed E-state index contributed by atoms with van der Waals surface area (Å²) in [7, 11) is 0. The van der Waals surface area contributed by atoms with Gasteiger partial charge in [-0.1, -0.05) is 0 Å². The Morgan fingerprint density at radius 2 is 2.44 bits per heavy atom. The summed E-state index contributed by atoms with van der Waals surface area (Å²) in [5, 5.41) is 20.6. The Morgan fingerprint density at radius 3 is 3.12 bits per heavy atom. The van der Waals surface area contributed by atoms with Gasteiger partial charge in [-0.15, -0.1) is 0 Å². The Morgan fingerprint density at radius 1 is 1.56 bits per heavy atom. The number of nitrogens with zero attached hydrogens (tertiary/aromatic N) is 4.